The number of nitrogens with zero attached hydrogens (tertiary/aromatic N) is 2. The first kappa shape index (κ1) is 28.1. The van der Waals surface area contributed by atoms with Gasteiger partial charge < -0.3 is 25.2 Å². The van der Waals surface area contributed by atoms with Crippen LogP contribution in [0.15, 0.2) is 29.3 Å². The molecule has 0 atom stereocenters. The lowest BCUT2D eigenvalue weighted by Gasteiger charge is -2.37. The van der Waals surface area contributed by atoms with Crippen LogP contribution in [0.4, 0.5) is 0 Å². The molecule has 3 N–H and O–H groups in total. The molecule has 0 bridgehead atoms. The van der Waals surface area contributed by atoms with E-state index in [0.717, 1.165) is 69.6 Å². The van der Waals surface area contributed by atoms with E-state index in [0.29, 0.717) is 13.2 Å². The number of halogens is 1. The van der Waals surface area contributed by atoms with Crippen molar-refractivity contribution in [2.45, 2.75) is 52.0 Å². The number of aliphatic hydroxyl groups is 1. The van der Waals surface area contributed by atoms with E-state index in [-0.39, 0.29) is 36.0 Å². The fraction of sp³-hybridized carbons (Fsp3) is 0.720. The Hall–Kier alpha value is -1.10. The summed E-state index contributed by atoms with van der Waals surface area (Å²) in [4.78, 5) is 7.19. The number of aliphatic imine (C=N–C) groups is 1. The Bertz CT molecular complexity index is 686. The Morgan fingerprint density at radius 3 is 2.70 bits per heavy atom. The molecule has 1 heterocycles. The zero-order chi connectivity index (χ0) is 22.5. The Morgan fingerprint density at radius 2 is 1.97 bits per heavy atom. The molecule has 1 aliphatic heterocycles. The highest BCUT2D eigenvalue weighted by Crippen LogP contribution is 2.38. The number of morpholine rings is 1. The van der Waals surface area contributed by atoms with Crippen molar-refractivity contribution in [2.24, 2.45) is 10.4 Å². The van der Waals surface area contributed by atoms with E-state index in [4.69, 9.17) is 14.5 Å². The van der Waals surface area contributed by atoms with Gasteiger partial charge in [0.25, 0.3) is 0 Å². The minimum Gasteiger partial charge on any atom is -0.492 e. The van der Waals surface area contributed by atoms with Crippen molar-refractivity contribution in [1.82, 2.24) is 15.5 Å². The number of nitrogens with one attached hydrogen (secondary N) is 2. The van der Waals surface area contributed by atoms with Gasteiger partial charge in [-0.15, -0.1) is 24.0 Å². The van der Waals surface area contributed by atoms with Gasteiger partial charge >= 0.3 is 0 Å². The molecule has 1 saturated carbocycles. The van der Waals surface area contributed by atoms with Crippen LogP contribution in [0.2, 0.25) is 0 Å². The monoisotopic (exact) mass is 574 g/mol. The maximum absolute atomic E-state index is 9.57. The smallest absolute Gasteiger partial charge is 0.191 e. The van der Waals surface area contributed by atoms with Crippen molar-refractivity contribution in [3.05, 3.63) is 29.8 Å². The highest BCUT2D eigenvalue weighted by molar-refractivity contribution is 14.0. The van der Waals surface area contributed by atoms with Crippen LogP contribution in [0.5, 0.6) is 5.75 Å². The molecule has 0 unspecified atom stereocenters. The van der Waals surface area contributed by atoms with Gasteiger partial charge in [-0.25, -0.2) is 4.99 Å². The summed E-state index contributed by atoms with van der Waals surface area (Å²) in [7, 11) is 0. The quantitative estimate of drug-likeness (QED) is 0.214. The van der Waals surface area contributed by atoms with Crippen LogP contribution in [-0.4, -0.2) is 75.1 Å². The molecule has 1 aromatic rings. The third-order valence-electron chi connectivity index (χ3n) is 6.63. The maximum Gasteiger partial charge on any atom is 0.191 e. The number of rotatable bonds is 11. The molecule has 8 heteroatoms. The Kier molecular flexibility index (Phi) is 13.4. The molecule has 3 rings (SSSR count). The average Bonchev–Trinajstić information content (AvgIpc) is 2.83. The lowest BCUT2D eigenvalue weighted by atomic mass is 9.72. The molecule has 33 heavy (non-hydrogen) atoms. The number of hydrogen-bond acceptors (Lipinski definition) is 5. The number of aliphatic hydroxyl groups excluding tert-OH is 1. The van der Waals surface area contributed by atoms with E-state index < -0.39 is 0 Å². The van der Waals surface area contributed by atoms with Gasteiger partial charge in [0.15, 0.2) is 5.96 Å². The van der Waals surface area contributed by atoms with Crippen molar-refractivity contribution < 1.29 is 14.6 Å². The Balaban J connectivity index is 0.00000385. The van der Waals surface area contributed by atoms with E-state index in [1.54, 1.807) is 0 Å². The van der Waals surface area contributed by atoms with Crippen LogP contribution in [0.1, 0.15) is 51.0 Å². The van der Waals surface area contributed by atoms with Crippen molar-refractivity contribution >= 4 is 29.9 Å². The van der Waals surface area contributed by atoms with Gasteiger partial charge in [0.05, 0.1) is 19.8 Å². The summed E-state index contributed by atoms with van der Waals surface area (Å²) in [5.74, 6) is 1.74. The van der Waals surface area contributed by atoms with Crippen LogP contribution in [0.3, 0.4) is 0 Å². The minimum atomic E-state index is 0. The molecule has 7 nitrogen and oxygen atoms in total. The number of benzene rings is 1. The molecule has 0 aromatic heterocycles. The lowest BCUT2D eigenvalue weighted by molar-refractivity contribution is 0.0322. The Morgan fingerprint density at radius 1 is 1.18 bits per heavy atom. The van der Waals surface area contributed by atoms with E-state index in [1.807, 2.05) is 12.1 Å². The zero-order valence-electron chi connectivity index (χ0n) is 20.2. The molecule has 0 spiro atoms. The second-order valence-electron chi connectivity index (χ2n) is 9.03. The van der Waals surface area contributed by atoms with Gasteiger partial charge in [0, 0.05) is 39.3 Å². The van der Waals surface area contributed by atoms with Gasteiger partial charge in [0.2, 0.25) is 0 Å². The van der Waals surface area contributed by atoms with Crippen LogP contribution < -0.4 is 15.4 Å². The summed E-state index contributed by atoms with van der Waals surface area (Å²) in [6.07, 6.45) is 7.06. The maximum atomic E-state index is 9.57. The van der Waals surface area contributed by atoms with Gasteiger partial charge in [-0.05, 0) is 49.3 Å². The molecule has 1 saturated heterocycles. The molecule has 1 aromatic carbocycles. The summed E-state index contributed by atoms with van der Waals surface area (Å²) in [5.41, 5.74) is 1.33. The topological polar surface area (TPSA) is 78.4 Å². The third-order valence-corrected chi connectivity index (χ3v) is 6.63. The fourth-order valence-electron chi connectivity index (χ4n) is 4.69. The second-order valence-corrected chi connectivity index (χ2v) is 9.03. The highest BCUT2D eigenvalue weighted by atomic mass is 127. The summed E-state index contributed by atoms with van der Waals surface area (Å²) in [6, 6.07) is 8.22. The van der Waals surface area contributed by atoms with E-state index in [1.165, 1.54) is 32.1 Å². The second kappa shape index (κ2) is 15.7. The summed E-state index contributed by atoms with van der Waals surface area (Å²) in [5, 5.41) is 16.5. The van der Waals surface area contributed by atoms with Crippen LogP contribution in [0.25, 0.3) is 0 Å². The van der Waals surface area contributed by atoms with E-state index in [2.05, 4.69) is 34.6 Å². The van der Waals surface area contributed by atoms with Crippen LogP contribution in [0, 0.1) is 5.41 Å². The first-order valence-corrected chi connectivity index (χ1v) is 12.4. The molecule has 2 aliphatic rings. The third kappa shape index (κ3) is 9.96. The lowest BCUT2D eigenvalue weighted by Crippen LogP contribution is -2.44. The highest BCUT2D eigenvalue weighted by Gasteiger charge is 2.31. The van der Waals surface area contributed by atoms with Gasteiger partial charge in [-0.1, -0.05) is 31.4 Å². The summed E-state index contributed by atoms with van der Waals surface area (Å²) in [6.45, 7) is 9.84. The normalized spacial score (nSPS) is 18.9. The van der Waals surface area contributed by atoms with Crippen molar-refractivity contribution in [1.29, 1.82) is 0 Å². The summed E-state index contributed by atoms with van der Waals surface area (Å²) >= 11 is 0. The van der Waals surface area contributed by atoms with E-state index >= 15 is 0 Å². The van der Waals surface area contributed by atoms with Gasteiger partial charge in [0.1, 0.15) is 12.4 Å². The van der Waals surface area contributed by atoms with Gasteiger partial charge in [-0.3, -0.25) is 4.90 Å². The molecule has 2 fully saturated rings. The minimum absolute atomic E-state index is 0. The number of guanidine groups is 1. The van der Waals surface area contributed by atoms with Crippen LogP contribution >= 0.6 is 24.0 Å². The fourth-order valence-corrected chi connectivity index (χ4v) is 4.69. The first-order valence-electron chi connectivity index (χ1n) is 12.4. The largest absolute Gasteiger partial charge is 0.492 e. The van der Waals surface area contributed by atoms with Gasteiger partial charge in [-0.2, -0.15) is 0 Å². The van der Waals surface area contributed by atoms with Crippen molar-refractivity contribution in [3.63, 3.8) is 0 Å². The SMILES string of the molecule is CCNC(=NCc1cccc(OCCN2CCOCC2)c1)NCC1(CCO)CCCCC1.I. The van der Waals surface area contributed by atoms with E-state index in [9.17, 15) is 5.11 Å². The average molecular weight is 575 g/mol. The standard InChI is InChI=1S/C25H42N4O3.HI/c1-2-26-24(28-21-25(11-15-30)9-4-3-5-10-25)27-20-22-7-6-8-23(19-22)32-18-14-29-12-16-31-17-13-29;/h6-8,19,30H,2-5,9-18,20-21H2,1H3,(H2,26,27,28);1H. The predicted octanol–water partition coefficient (Wildman–Crippen LogP) is 3.40. The van der Waals surface area contributed by atoms with Crippen LogP contribution in [-0.2, 0) is 11.3 Å². The first-order chi connectivity index (χ1) is 15.7. The molecule has 0 amide bonds. The number of hydrogen-bond donors (Lipinski definition) is 3. The molecule has 1 aliphatic carbocycles. The zero-order valence-corrected chi connectivity index (χ0v) is 22.5. The molecule has 188 valence electrons. The van der Waals surface area contributed by atoms with Crippen molar-refractivity contribution in [2.75, 3.05) is 59.2 Å². The Labute approximate surface area is 216 Å². The molecule has 0 radical (unpaired) electrons. The predicted molar refractivity (Wildman–Crippen MR) is 145 cm³/mol. The van der Waals surface area contributed by atoms with Crippen molar-refractivity contribution in [3.8, 4) is 5.75 Å². The number of ether oxygens (including phenoxy) is 2. The molecular weight excluding hydrogens is 531 g/mol. The summed E-state index contributed by atoms with van der Waals surface area (Å²) < 4.78 is 11.4. The molecular formula is C25H43IN4O3.